The second kappa shape index (κ2) is 8.82. The van der Waals surface area contributed by atoms with Crippen LogP contribution >= 0.6 is 0 Å². The van der Waals surface area contributed by atoms with Crippen molar-refractivity contribution in [2.45, 2.75) is 58.1 Å². The van der Waals surface area contributed by atoms with Gasteiger partial charge in [-0.3, -0.25) is 4.79 Å². The molecule has 0 saturated carbocycles. The highest BCUT2D eigenvalue weighted by atomic mass is 32.2. The predicted octanol–water partition coefficient (Wildman–Crippen LogP) is 2.69. The van der Waals surface area contributed by atoms with Crippen molar-refractivity contribution >= 4 is 15.7 Å². The molecule has 1 aromatic carbocycles. The topological polar surface area (TPSA) is 72.9 Å². The maximum absolute atomic E-state index is 13.0. The second-order valence-electron chi connectivity index (χ2n) is 8.22. The van der Waals surface area contributed by atoms with E-state index in [2.05, 4.69) is 13.8 Å². The van der Waals surface area contributed by atoms with Crippen LogP contribution in [-0.4, -0.2) is 62.6 Å². The van der Waals surface area contributed by atoms with Crippen molar-refractivity contribution < 1.29 is 22.7 Å². The molecule has 1 aromatic rings. The minimum atomic E-state index is -3.07. The lowest BCUT2D eigenvalue weighted by Gasteiger charge is -2.30. The number of rotatable bonds is 7. The van der Waals surface area contributed by atoms with E-state index in [4.69, 9.17) is 9.47 Å². The smallest absolute Gasteiger partial charge is 0.260 e. The number of nitrogens with zero attached hydrogens (tertiary/aromatic N) is 1. The molecular weight excluding hydrogens is 378 g/mol. The maximum Gasteiger partial charge on any atom is 0.260 e. The quantitative estimate of drug-likeness (QED) is 0.692. The molecule has 0 radical (unpaired) electrons. The normalized spacial score (nSPS) is 23.9. The van der Waals surface area contributed by atoms with Crippen molar-refractivity contribution in [1.29, 1.82) is 0 Å². The number of sulfone groups is 1. The molecule has 0 aromatic heterocycles. The van der Waals surface area contributed by atoms with E-state index in [0.29, 0.717) is 19.6 Å². The van der Waals surface area contributed by atoms with Crippen LogP contribution in [0.2, 0.25) is 0 Å². The molecule has 2 aliphatic rings. The molecule has 3 rings (SSSR count). The number of carbonyl (C=O) groups excluding carboxylic acids is 1. The monoisotopic (exact) mass is 409 g/mol. The Morgan fingerprint density at radius 3 is 2.71 bits per heavy atom. The van der Waals surface area contributed by atoms with Gasteiger partial charge in [-0.1, -0.05) is 26.0 Å². The molecule has 28 heavy (non-hydrogen) atoms. The fraction of sp³-hybridized carbons (Fsp3) is 0.667. The molecular formula is C21H31NO5S. The summed E-state index contributed by atoms with van der Waals surface area (Å²) in [6.45, 7) is 7.22. The Kier molecular flexibility index (Phi) is 6.65. The Morgan fingerprint density at radius 2 is 2.11 bits per heavy atom. The van der Waals surface area contributed by atoms with Crippen molar-refractivity contribution in [1.82, 2.24) is 4.90 Å². The summed E-state index contributed by atoms with van der Waals surface area (Å²) in [5.41, 5.74) is 2.14. The predicted molar refractivity (Wildman–Crippen MR) is 109 cm³/mol. The first-order chi connectivity index (χ1) is 13.2. The first kappa shape index (κ1) is 21.1. The first-order valence-electron chi connectivity index (χ1n) is 10.1. The zero-order valence-corrected chi connectivity index (χ0v) is 17.8. The number of amides is 1. The molecule has 0 aliphatic carbocycles. The van der Waals surface area contributed by atoms with Crippen LogP contribution < -0.4 is 4.74 Å². The van der Waals surface area contributed by atoms with Gasteiger partial charge in [0.25, 0.3) is 5.91 Å². The number of hydrogen-bond acceptors (Lipinski definition) is 5. The van der Waals surface area contributed by atoms with Gasteiger partial charge in [0.2, 0.25) is 0 Å². The molecule has 2 fully saturated rings. The highest BCUT2D eigenvalue weighted by molar-refractivity contribution is 7.91. The zero-order valence-electron chi connectivity index (χ0n) is 17.0. The van der Waals surface area contributed by atoms with Crippen LogP contribution in [0.1, 0.15) is 50.2 Å². The Hall–Kier alpha value is -1.60. The van der Waals surface area contributed by atoms with Crippen LogP contribution in [0, 0.1) is 6.92 Å². The lowest BCUT2D eigenvalue weighted by molar-refractivity contribution is -0.137. The van der Waals surface area contributed by atoms with Crippen LogP contribution in [-0.2, 0) is 19.4 Å². The molecule has 2 saturated heterocycles. The van der Waals surface area contributed by atoms with Gasteiger partial charge in [0.05, 0.1) is 17.6 Å². The third-order valence-corrected chi connectivity index (χ3v) is 7.29. The van der Waals surface area contributed by atoms with E-state index >= 15 is 0 Å². The van der Waals surface area contributed by atoms with Gasteiger partial charge < -0.3 is 14.4 Å². The lowest BCUT2D eigenvalue weighted by atomic mass is 10.0. The van der Waals surface area contributed by atoms with E-state index in [1.807, 2.05) is 25.1 Å². The Morgan fingerprint density at radius 1 is 1.32 bits per heavy atom. The van der Waals surface area contributed by atoms with E-state index in [9.17, 15) is 13.2 Å². The molecule has 0 N–H and O–H groups in total. The van der Waals surface area contributed by atoms with Gasteiger partial charge in [-0.05, 0) is 49.3 Å². The van der Waals surface area contributed by atoms with Crippen molar-refractivity contribution in [2.75, 3.05) is 31.3 Å². The van der Waals surface area contributed by atoms with Gasteiger partial charge >= 0.3 is 0 Å². The lowest BCUT2D eigenvalue weighted by Crippen LogP contribution is -2.47. The summed E-state index contributed by atoms with van der Waals surface area (Å²) >= 11 is 0. The third kappa shape index (κ3) is 5.26. The standard InChI is InChI=1S/C21H31NO5S/c1-15(2)19-7-6-16(3)11-20(19)27-13-21(23)22(12-18-5-4-9-26-18)17-8-10-28(24,25)14-17/h6-7,11,15,17-18H,4-5,8-10,12-14H2,1-3H3/t17-,18-/m0/s1. The molecule has 2 heterocycles. The minimum Gasteiger partial charge on any atom is -0.483 e. The highest BCUT2D eigenvalue weighted by Gasteiger charge is 2.36. The largest absolute Gasteiger partial charge is 0.483 e. The van der Waals surface area contributed by atoms with E-state index in [-0.39, 0.29) is 42.1 Å². The molecule has 0 bridgehead atoms. The molecule has 7 heteroatoms. The molecule has 0 spiro atoms. The molecule has 0 unspecified atom stereocenters. The van der Waals surface area contributed by atoms with Crippen molar-refractivity contribution in [3.05, 3.63) is 29.3 Å². The number of benzene rings is 1. The summed E-state index contributed by atoms with van der Waals surface area (Å²) < 4.78 is 35.5. The van der Waals surface area contributed by atoms with Crippen LogP contribution in [0.4, 0.5) is 0 Å². The number of ether oxygens (including phenoxy) is 2. The summed E-state index contributed by atoms with van der Waals surface area (Å²) in [6.07, 6.45) is 2.35. The Bertz CT molecular complexity index is 799. The van der Waals surface area contributed by atoms with Gasteiger partial charge in [0.1, 0.15) is 5.75 Å². The molecule has 1 amide bonds. The zero-order chi connectivity index (χ0) is 20.3. The van der Waals surface area contributed by atoms with Crippen molar-refractivity contribution in [2.24, 2.45) is 0 Å². The average Bonchev–Trinajstić information content (AvgIpc) is 3.26. The average molecular weight is 410 g/mol. The Labute approximate surface area is 168 Å². The van der Waals surface area contributed by atoms with Gasteiger partial charge in [0, 0.05) is 19.2 Å². The van der Waals surface area contributed by atoms with E-state index in [0.717, 1.165) is 29.7 Å². The summed E-state index contributed by atoms with van der Waals surface area (Å²) in [7, 11) is -3.07. The van der Waals surface area contributed by atoms with Crippen LogP contribution in [0.25, 0.3) is 0 Å². The van der Waals surface area contributed by atoms with Gasteiger partial charge in [-0.2, -0.15) is 0 Å². The third-order valence-electron chi connectivity index (χ3n) is 5.54. The summed E-state index contributed by atoms with van der Waals surface area (Å²) in [4.78, 5) is 14.7. The van der Waals surface area contributed by atoms with Crippen LogP contribution in [0.15, 0.2) is 18.2 Å². The number of carbonyl (C=O) groups is 1. The fourth-order valence-corrected chi connectivity index (χ4v) is 5.68. The second-order valence-corrected chi connectivity index (χ2v) is 10.5. The summed E-state index contributed by atoms with van der Waals surface area (Å²) in [5.74, 6) is 1.01. The van der Waals surface area contributed by atoms with E-state index < -0.39 is 9.84 Å². The van der Waals surface area contributed by atoms with Crippen LogP contribution in [0.5, 0.6) is 5.75 Å². The molecule has 6 nitrogen and oxygen atoms in total. The number of aryl methyl sites for hydroxylation is 1. The van der Waals surface area contributed by atoms with Crippen molar-refractivity contribution in [3.63, 3.8) is 0 Å². The maximum atomic E-state index is 13.0. The van der Waals surface area contributed by atoms with E-state index in [1.54, 1.807) is 4.90 Å². The number of hydrogen-bond donors (Lipinski definition) is 0. The van der Waals surface area contributed by atoms with Gasteiger partial charge in [0.15, 0.2) is 16.4 Å². The fourth-order valence-electron chi connectivity index (χ4n) is 3.95. The first-order valence-corrected chi connectivity index (χ1v) is 11.9. The SMILES string of the molecule is Cc1ccc(C(C)C)c(OCC(=O)N(C[C@@H]2CCCO2)[C@H]2CCS(=O)(=O)C2)c1. The minimum absolute atomic E-state index is 0.0163. The molecule has 156 valence electrons. The molecule has 2 aliphatic heterocycles. The van der Waals surface area contributed by atoms with Crippen molar-refractivity contribution in [3.8, 4) is 5.75 Å². The Balaban J connectivity index is 1.71. The summed E-state index contributed by atoms with van der Waals surface area (Å²) in [6, 6.07) is 5.74. The van der Waals surface area contributed by atoms with E-state index in [1.165, 1.54) is 0 Å². The summed E-state index contributed by atoms with van der Waals surface area (Å²) in [5, 5.41) is 0. The highest BCUT2D eigenvalue weighted by Crippen LogP contribution is 2.28. The van der Waals surface area contributed by atoms with Gasteiger partial charge in [-0.15, -0.1) is 0 Å². The van der Waals surface area contributed by atoms with Crippen LogP contribution in [0.3, 0.4) is 0 Å². The molecule has 2 atom stereocenters. The van der Waals surface area contributed by atoms with Gasteiger partial charge in [-0.25, -0.2) is 8.42 Å².